The number of fused-ring (bicyclic) bond motifs is 1. The van der Waals surface area contributed by atoms with E-state index in [2.05, 4.69) is 0 Å². The van der Waals surface area contributed by atoms with Crippen molar-refractivity contribution >= 4 is 17.6 Å². The fourth-order valence-electron chi connectivity index (χ4n) is 3.09. The van der Waals surface area contributed by atoms with E-state index < -0.39 is 12.1 Å². The lowest BCUT2D eigenvalue weighted by Crippen LogP contribution is -2.48. The molecule has 0 aromatic heterocycles. The normalized spacial score (nSPS) is 26.1. The molecule has 1 N–H and O–H groups in total. The van der Waals surface area contributed by atoms with Crippen LogP contribution in [0.25, 0.3) is 0 Å². The van der Waals surface area contributed by atoms with Crippen LogP contribution in [0.15, 0.2) is 24.3 Å². The average Bonchev–Trinajstić information content (AvgIpc) is 2.72. The molecule has 2 unspecified atom stereocenters. The Hall–Kier alpha value is -1.88. The minimum Gasteiger partial charge on any atom is -0.390 e. The van der Waals surface area contributed by atoms with Crippen molar-refractivity contribution in [3.8, 4) is 0 Å². The third kappa shape index (κ3) is 1.81. The number of piperidine rings is 1. The minimum absolute atomic E-state index is 0.303. The highest BCUT2D eigenvalue weighted by Gasteiger charge is 2.50. The fourth-order valence-corrected chi connectivity index (χ4v) is 3.09. The molecule has 106 valence electrons. The van der Waals surface area contributed by atoms with E-state index in [9.17, 15) is 14.7 Å². The van der Waals surface area contributed by atoms with Crippen LogP contribution in [0.5, 0.6) is 0 Å². The van der Waals surface area contributed by atoms with Gasteiger partial charge in [-0.2, -0.15) is 0 Å². The number of imide groups is 1. The van der Waals surface area contributed by atoms with Crippen LogP contribution in [0.1, 0.15) is 25.3 Å². The van der Waals surface area contributed by atoms with Gasteiger partial charge in [-0.15, -0.1) is 0 Å². The molecular weight excluding hydrogens is 256 g/mol. The second-order valence-corrected chi connectivity index (χ2v) is 5.29. The van der Waals surface area contributed by atoms with Crippen LogP contribution in [0.2, 0.25) is 0 Å². The number of aliphatic hydroxyl groups is 1. The number of benzene rings is 1. The van der Waals surface area contributed by atoms with Crippen molar-refractivity contribution < 1.29 is 14.7 Å². The lowest BCUT2D eigenvalue weighted by atomic mass is 10.00. The van der Waals surface area contributed by atoms with E-state index in [0.29, 0.717) is 18.7 Å². The van der Waals surface area contributed by atoms with Crippen molar-refractivity contribution in [1.82, 2.24) is 4.90 Å². The predicted molar refractivity (Wildman–Crippen MR) is 74.4 cm³/mol. The molecule has 3 rings (SSSR count). The summed E-state index contributed by atoms with van der Waals surface area (Å²) in [5.74, 6) is -0.303. The van der Waals surface area contributed by atoms with Crippen LogP contribution in [-0.2, 0) is 11.2 Å². The van der Waals surface area contributed by atoms with Crippen LogP contribution in [0, 0.1) is 0 Å². The molecular formula is C15H18N2O3. The Labute approximate surface area is 117 Å². The SMILES string of the molecule is CCc1ccccc1N1C(=O)C2C(O)CCCN2C1=O. The van der Waals surface area contributed by atoms with Gasteiger partial charge >= 0.3 is 6.03 Å². The molecule has 2 aliphatic rings. The van der Waals surface area contributed by atoms with Crippen LogP contribution in [-0.4, -0.2) is 40.6 Å². The first-order chi connectivity index (χ1) is 9.65. The smallest absolute Gasteiger partial charge is 0.332 e. The van der Waals surface area contributed by atoms with E-state index >= 15 is 0 Å². The van der Waals surface area contributed by atoms with Gasteiger partial charge in [-0.1, -0.05) is 25.1 Å². The van der Waals surface area contributed by atoms with Crippen LogP contribution >= 0.6 is 0 Å². The Kier molecular flexibility index (Phi) is 3.22. The molecule has 0 aliphatic carbocycles. The number of carbonyl (C=O) groups is 2. The van der Waals surface area contributed by atoms with Gasteiger partial charge in [0, 0.05) is 6.54 Å². The van der Waals surface area contributed by atoms with Gasteiger partial charge in [-0.3, -0.25) is 4.79 Å². The van der Waals surface area contributed by atoms with Gasteiger partial charge in [-0.05, 0) is 30.9 Å². The maximum atomic E-state index is 12.5. The summed E-state index contributed by atoms with van der Waals surface area (Å²) in [4.78, 5) is 27.8. The van der Waals surface area contributed by atoms with Crippen molar-refractivity contribution in [2.75, 3.05) is 11.4 Å². The van der Waals surface area contributed by atoms with Crippen molar-refractivity contribution in [3.05, 3.63) is 29.8 Å². The summed E-state index contributed by atoms with van der Waals surface area (Å²) in [6.07, 6.45) is 1.31. The summed E-state index contributed by atoms with van der Waals surface area (Å²) in [5.41, 5.74) is 1.61. The first-order valence-corrected chi connectivity index (χ1v) is 7.05. The Morgan fingerprint density at radius 2 is 2.05 bits per heavy atom. The fraction of sp³-hybridized carbons (Fsp3) is 0.467. The monoisotopic (exact) mass is 274 g/mol. The highest BCUT2D eigenvalue weighted by Crippen LogP contribution is 2.32. The van der Waals surface area contributed by atoms with Crippen LogP contribution in [0.4, 0.5) is 10.5 Å². The average molecular weight is 274 g/mol. The molecule has 5 heteroatoms. The minimum atomic E-state index is -0.751. The highest BCUT2D eigenvalue weighted by molar-refractivity contribution is 6.22. The quantitative estimate of drug-likeness (QED) is 0.832. The largest absolute Gasteiger partial charge is 0.390 e. The molecule has 2 heterocycles. The molecule has 2 atom stereocenters. The van der Waals surface area contributed by atoms with Gasteiger partial charge < -0.3 is 10.0 Å². The summed E-state index contributed by atoms with van der Waals surface area (Å²) in [7, 11) is 0. The van der Waals surface area contributed by atoms with Crippen molar-refractivity contribution in [1.29, 1.82) is 0 Å². The lowest BCUT2D eigenvalue weighted by molar-refractivity contribution is -0.124. The standard InChI is InChI=1S/C15H18N2O3/c1-2-10-6-3-4-7-11(10)17-14(19)13-12(18)8-5-9-16(13)15(17)20/h3-4,6-7,12-13,18H,2,5,8-9H2,1H3. The summed E-state index contributed by atoms with van der Waals surface area (Å²) in [6, 6.07) is 6.42. The van der Waals surface area contributed by atoms with E-state index in [-0.39, 0.29) is 11.9 Å². The Morgan fingerprint density at radius 3 is 2.75 bits per heavy atom. The Bertz CT molecular complexity index is 558. The number of aryl methyl sites for hydroxylation is 1. The number of nitrogens with zero attached hydrogens (tertiary/aromatic N) is 2. The van der Waals surface area contributed by atoms with E-state index in [1.165, 1.54) is 9.80 Å². The molecule has 2 aliphatic heterocycles. The first-order valence-electron chi connectivity index (χ1n) is 7.05. The number of para-hydroxylation sites is 1. The molecule has 5 nitrogen and oxygen atoms in total. The lowest BCUT2D eigenvalue weighted by Gasteiger charge is -2.30. The number of hydrogen-bond donors (Lipinski definition) is 1. The van der Waals surface area contributed by atoms with Gasteiger partial charge in [0.05, 0.1) is 11.8 Å². The third-order valence-electron chi connectivity index (χ3n) is 4.12. The van der Waals surface area contributed by atoms with Crippen molar-refractivity contribution in [2.24, 2.45) is 0 Å². The third-order valence-corrected chi connectivity index (χ3v) is 4.12. The van der Waals surface area contributed by atoms with Gasteiger partial charge in [0.25, 0.3) is 5.91 Å². The van der Waals surface area contributed by atoms with Gasteiger partial charge in [-0.25, -0.2) is 9.69 Å². The van der Waals surface area contributed by atoms with E-state index in [1.807, 2.05) is 25.1 Å². The number of hydrogen-bond acceptors (Lipinski definition) is 3. The number of rotatable bonds is 2. The zero-order chi connectivity index (χ0) is 14.3. The number of anilines is 1. The highest BCUT2D eigenvalue weighted by atomic mass is 16.3. The second-order valence-electron chi connectivity index (χ2n) is 5.29. The molecule has 3 amide bonds. The van der Waals surface area contributed by atoms with Crippen molar-refractivity contribution in [2.45, 2.75) is 38.3 Å². The number of aliphatic hydroxyl groups excluding tert-OH is 1. The number of urea groups is 1. The Balaban J connectivity index is 2.02. The second kappa shape index (κ2) is 4.90. The first kappa shape index (κ1) is 13.1. The summed E-state index contributed by atoms with van der Waals surface area (Å²) < 4.78 is 0. The van der Waals surface area contributed by atoms with Crippen LogP contribution < -0.4 is 4.90 Å². The molecule has 2 fully saturated rings. The van der Waals surface area contributed by atoms with Crippen LogP contribution in [0.3, 0.4) is 0 Å². The van der Waals surface area contributed by atoms with E-state index in [4.69, 9.17) is 0 Å². The van der Waals surface area contributed by atoms with E-state index in [0.717, 1.165) is 18.4 Å². The van der Waals surface area contributed by atoms with Gasteiger partial charge in [0.15, 0.2) is 0 Å². The molecule has 0 radical (unpaired) electrons. The zero-order valence-electron chi connectivity index (χ0n) is 11.5. The number of carbonyl (C=O) groups excluding carboxylic acids is 2. The maximum absolute atomic E-state index is 12.5. The molecule has 0 saturated carbocycles. The molecule has 0 spiro atoms. The molecule has 2 saturated heterocycles. The summed E-state index contributed by atoms with van der Waals surface area (Å²) >= 11 is 0. The van der Waals surface area contributed by atoms with Gasteiger partial charge in [0.2, 0.25) is 0 Å². The summed E-state index contributed by atoms with van der Waals surface area (Å²) in [5, 5.41) is 10.0. The summed E-state index contributed by atoms with van der Waals surface area (Å²) in [6.45, 7) is 2.53. The van der Waals surface area contributed by atoms with Crippen molar-refractivity contribution in [3.63, 3.8) is 0 Å². The molecule has 20 heavy (non-hydrogen) atoms. The Morgan fingerprint density at radius 1 is 1.30 bits per heavy atom. The molecule has 0 bridgehead atoms. The number of amides is 3. The zero-order valence-corrected chi connectivity index (χ0v) is 11.5. The predicted octanol–water partition coefficient (Wildman–Crippen LogP) is 1.54. The van der Waals surface area contributed by atoms with Gasteiger partial charge in [0.1, 0.15) is 6.04 Å². The molecule has 1 aromatic carbocycles. The maximum Gasteiger partial charge on any atom is 0.332 e. The molecule has 1 aromatic rings. The van der Waals surface area contributed by atoms with E-state index in [1.54, 1.807) is 6.07 Å². The topological polar surface area (TPSA) is 60.9 Å².